The Bertz CT molecular complexity index is 1120. The van der Waals surface area contributed by atoms with Gasteiger partial charge in [0.15, 0.2) is 0 Å². The van der Waals surface area contributed by atoms with Crippen LogP contribution < -0.4 is 5.32 Å². The van der Waals surface area contributed by atoms with Crippen molar-refractivity contribution in [2.75, 3.05) is 19.6 Å². The summed E-state index contributed by atoms with van der Waals surface area (Å²) in [7, 11) is 0. The van der Waals surface area contributed by atoms with Crippen molar-refractivity contribution in [3.05, 3.63) is 95.8 Å². The lowest BCUT2D eigenvalue weighted by Gasteiger charge is -2.29. The van der Waals surface area contributed by atoms with Crippen LogP contribution >= 0.6 is 0 Å². The maximum atomic E-state index is 13.7. The van der Waals surface area contributed by atoms with Crippen LogP contribution in [0.25, 0.3) is 11.1 Å². The van der Waals surface area contributed by atoms with Crippen LogP contribution in [0, 0.1) is 11.2 Å². The smallest absolute Gasteiger partial charge is 0.253 e. The third kappa shape index (κ3) is 4.42. The summed E-state index contributed by atoms with van der Waals surface area (Å²) >= 11 is 0. The molecule has 0 spiro atoms. The van der Waals surface area contributed by atoms with Crippen LogP contribution in [0.4, 0.5) is 4.39 Å². The molecule has 0 aromatic heterocycles. The zero-order chi connectivity index (χ0) is 22.6. The van der Waals surface area contributed by atoms with Gasteiger partial charge in [-0.1, -0.05) is 60.7 Å². The molecular weight excluding hydrogens is 403 g/mol. The van der Waals surface area contributed by atoms with Gasteiger partial charge in [0, 0.05) is 25.2 Å². The average Bonchev–Trinajstić information content (AvgIpc) is 3.25. The predicted molar refractivity (Wildman–Crippen MR) is 124 cm³/mol. The lowest BCUT2D eigenvalue weighted by molar-refractivity contribution is -0.130. The predicted octanol–water partition coefficient (Wildman–Crippen LogP) is 4.70. The Balaban J connectivity index is 1.65. The maximum absolute atomic E-state index is 13.7. The number of halogens is 1. The third-order valence-electron chi connectivity index (χ3n) is 6.16. The van der Waals surface area contributed by atoms with Gasteiger partial charge in [0.2, 0.25) is 5.91 Å². The first-order valence-electron chi connectivity index (χ1n) is 11.0. The molecule has 4 rings (SSSR count). The SMILES string of the molecule is CCNC(=O)C1(Cc2ccccc2-c2ccccc2)CCN(C(=O)c2cccc(F)c2)C1. The van der Waals surface area contributed by atoms with Crippen molar-refractivity contribution in [1.82, 2.24) is 10.2 Å². The largest absolute Gasteiger partial charge is 0.356 e. The first-order chi connectivity index (χ1) is 15.5. The van der Waals surface area contributed by atoms with E-state index in [0.717, 1.165) is 16.7 Å². The fraction of sp³-hybridized carbons (Fsp3) is 0.259. The minimum absolute atomic E-state index is 0.0441. The number of nitrogens with one attached hydrogen (secondary N) is 1. The molecule has 5 heteroatoms. The molecule has 1 unspecified atom stereocenters. The lowest BCUT2D eigenvalue weighted by atomic mass is 9.78. The molecule has 3 aromatic rings. The van der Waals surface area contributed by atoms with E-state index in [9.17, 15) is 14.0 Å². The van der Waals surface area contributed by atoms with Crippen LogP contribution in [-0.4, -0.2) is 36.3 Å². The highest BCUT2D eigenvalue weighted by Crippen LogP contribution is 2.38. The van der Waals surface area contributed by atoms with Gasteiger partial charge in [0.25, 0.3) is 5.91 Å². The molecule has 1 aliphatic heterocycles. The normalized spacial score (nSPS) is 17.9. The fourth-order valence-electron chi connectivity index (χ4n) is 4.55. The molecule has 0 bridgehead atoms. The molecule has 0 aliphatic carbocycles. The minimum Gasteiger partial charge on any atom is -0.356 e. The van der Waals surface area contributed by atoms with Gasteiger partial charge >= 0.3 is 0 Å². The van der Waals surface area contributed by atoms with E-state index < -0.39 is 11.2 Å². The molecule has 1 heterocycles. The number of carbonyl (C=O) groups is 2. The Morgan fingerprint density at radius 1 is 1.00 bits per heavy atom. The van der Waals surface area contributed by atoms with Crippen LogP contribution in [0.15, 0.2) is 78.9 Å². The fourth-order valence-corrected chi connectivity index (χ4v) is 4.55. The number of nitrogens with zero attached hydrogens (tertiary/aromatic N) is 1. The van der Waals surface area contributed by atoms with Crippen LogP contribution in [0.3, 0.4) is 0 Å². The van der Waals surface area contributed by atoms with Gasteiger partial charge in [0.05, 0.1) is 5.41 Å². The maximum Gasteiger partial charge on any atom is 0.253 e. The molecule has 1 saturated heterocycles. The summed E-state index contributed by atoms with van der Waals surface area (Å²) in [5.41, 5.74) is 2.84. The standard InChI is InChI=1S/C27H27FN2O2/c1-2-29-26(32)27(15-16-30(19-27)25(31)21-12-8-13-23(28)17-21)18-22-11-6-7-14-24(22)20-9-4-3-5-10-20/h3-14,17H,2,15-16,18-19H2,1H3,(H,29,32). The molecule has 1 fully saturated rings. The molecule has 164 valence electrons. The second kappa shape index (κ2) is 9.35. The summed E-state index contributed by atoms with van der Waals surface area (Å²) in [6.45, 7) is 3.18. The van der Waals surface area contributed by atoms with Crippen LogP contribution in [0.5, 0.6) is 0 Å². The Morgan fingerprint density at radius 2 is 1.75 bits per heavy atom. The van der Waals surface area contributed by atoms with E-state index in [1.807, 2.05) is 37.3 Å². The summed E-state index contributed by atoms with van der Waals surface area (Å²) < 4.78 is 13.7. The number of carbonyl (C=O) groups excluding carboxylic acids is 2. The van der Waals surface area contributed by atoms with E-state index in [4.69, 9.17) is 0 Å². The Labute approximate surface area is 188 Å². The average molecular weight is 431 g/mol. The van der Waals surface area contributed by atoms with Gasteiger partial charge in [-0.2, -0.15) is 0 Å². The molecule has 1 aliphatic rings. The third-order valence-corrected chi connectivity index (χ3v) is 6.16. The van der Waals surface area contributed by atoms with E-state index in [-0.39, 0.29) is 11.8 Å². The van der Waals surface area contributed by atoms with Crippen molar-refractivity contribution in [3.8, 4) is 11.1 Å². The molecule has 32 heavy (non-hydrogen) atoms. The van der Waals surface area contributed by atoms with E-state index in [2.05, 4.69) is 29.6 Å². The number of likely N-dealkylation sites (tertiary alicyclic amines) is 1. The highest BCUT2D eigenvalue weighted by atomic mass is 19.1. The molecular formula is C27H27FN2O2. The van der Waals surface area contributed by atoms with Gasteiger partial charge in [-0.05, 0) is 54.7 Å². The highest BCUT2D eigenvalue weighted by molar-refractivity contribution is 5.95. The second-order valence-electron chi connectivity index (χ2n) is 8.33. The van der Waals surface area contributed by atoms with Crippen molar-refractivity contribution in [2.24, 2.45) is 5.41 Å². The first kappa shape index (κ1) is 21.8. The Hall–Kier alpha value is -3.47. The van der Waals surface area contributed by atoms with Gasteiger partial charge in [-0.15, -0.1) is 0 Å². The molecule has 1 atom stereocenters. The first-order valence-corrected chi connectivity index (χ1v) is 11.0. The summed E-state index contributed by atoms with van der Waals surface area (Å²) in [4.78, 5) is 28.0. The quantitative estimate of drug-likeness (QED) is 0.616. The highest BCUT2D eigenvalue weighted by Gasteiger charge is 2.46. The van der Waals surface area contributed by atoms with Gasteiger partial charge in [0.1, 0.15) is 5.82 Å². The van der Waals surface area contributed by atoms with Gasteiger partial charge < -0.3 is 10.2 Å². The number of benzene rings is 3. The van der Waals surface area contributed by atoms with Crippen molar-refractivity contribution in [2.45, 2.75) is 19.8 Å². The zero-order valence-electron chi connectivity index (χ0n) is 18.2. The summed E-state index contributed by atoms with van der Waals surface area (Å²) in [6.07, 6.45) is 1.08. The molecule has 0 saturated carbocycles. The summed E-state index contributed by atoms with van der Waals surface area (Å²) in [6, 6.07) is 23.9. The van der Waals surface area contributed by atoms with E-state index in [1.54, 1.807) is 11.0 Å². The molecule has 4 nitrogen and oxygen atoms in total. The van der Waals surface area contributed by atoms with Crippen LogP contribution in [0.1, 0.15) is 29.3 Å². The van der Waals surface area contributed by atoms with E-state index in [0.29, 0.717) is 38.0 Å². The zero-order valence-corrected chi connectivity index (χ0v) is 18.2. The second-order valence-corrected chi connectivity index (χ2v) is 8.33. The monoisotopic (exact) mass is 430 g/mol. The van der Waals surface area contributed by atoms with E-state index in [1.165, 1.54) is 18.2 Å². The molecule has 1 N–H and O–H groups in total. The van der Waals surface area contributed by atoms with E-state index >= 15 is 0 Å². The van der Waals surface area contributed by atoms with Gasteiger partial charge in [-0.25, -0.2) is 4.39 Å². The van der Waals surface area contributed by atoms with Crippen molar-refractivity contribution < 1.29 is 14.0 Å². The van der Waals surface area contributed by atoms with Crippen molar-refractivity contribution in [1.29, 1.82) is 0 Å². The number of rotatable bonds is 6. The Kier molecular flexibility index (Phi) is 6.35. The van der Waals surface area contributed by atoms with Crippen molar-refractivity contribution in [3.63, 3.8) is 0 Å². The van der Waals surface area contributed by atoms with Crippen LogP contribution in [-0.2, 0) is 11.2 Å². The number of hydrogen-bond acceptors (Lipinski definition) is 2. The summed E-state index contributed by atoms with van der Waals surface area (Å²) in [5.74, 6) is -0.730. The molecule has 0 radical (unpaired) electrons. The minimum atomic E-state index is -0.732. The van der Waals surface area contributed by atoms with Crippen LogP contribution in [0.2, 0.25) is 0 Å². The topological polar surface area (TPSA) is 49.4 Å². The number of amides is 2. The lowest BCUT2D eigenvalue weighted by Crippen LogP contribution is -2.45. The Morgan fingerprint density at radius 3 is 2.50 bits per heavy atom. The molecule has 2 amide bonds. The number of hydrogen-bond donors (Lipinski definition) is 1. The van der Waals surface area contributed by atoms with Gasteiger partial charge in [-0.3, -0.25) is 9.59 Å². The molecule has 3 aromatic carbocycles. The van der Waals surface area contributed by atoms with Crippen molar-refractivity contribution >= 4 is 11.8 Å². The summed E-state index contributed by atoms with van der Waals surface area (Å²) in [5, 5.41) is 2.98.